The highest BCUT2D eigenvalue weighted by molar-refractivity contribution is 5.79. The van der Waals surface area contributed by atoms with Crippen LogP contribution < -0.4 is 20.7 Å². The summed E-state index contributed by atoms with van der Waals surface area (Å²) in [4.78, 5) is 16.0. The van der Waals surface area contributed by atoms with Crippen LogP contribution >= 0.6 is 0 Å². The fourth-order valence-corrected chi connectivity index (χ4v) is 3.21. The Kier molecular flexibility index (Phi) is 8.33. The molecule has 0 radical (unpaired) electrons. The number of nitrogens with zero attached hydrogens (tertiary/aromatic N) is 1. The number of amides is 1. The Balaban J connectivity index is 1.35. The maximum Gasteiger partial charge on any atom is 0.258 e. The smallest absolute Gasteiger partial charge is 0.258 e. The average molecular weight is 423 g/mol. The van der Waals surface area contributed by atoms with Gasteiger partial charge in [0.2, 0.25) is 0 Å². The van der Waals surface area contributed by atoms with E-state index in [2.05, 4.69) is 59.1 Å². The van der Waals surface area contributed by atoms with E-state index >= 15 is 0 Å². The zero-order valence-corrected chi connectivity index (χ0v) is 18.8. The molecule has 0 heterocycles. The summed E-state index contributed by atoms with van der Waals surface area (Å²) in [7, 11) is 1.79. The molecule has 1 fully saturated rings. The molecule has 3 rings (SSSR count). The Morgan fingerprint density at radius 1 is 1.10 bits per heavy atom. The van der Waals surface area contributed by atoms with E-state index in [4.69, 9.17) is 4.74 Å². The Labute approximate surface area is 185 Å². The molecule has 1 saturated carbocycles. The van der Waals surface area contributed by atoms with Gasteiger partial charge in [-0.15, -0.1) is 0 Å². The van der Waals surface area contributed by atoms with Crippen LogP contribution in [0, 0.1) is 6.92 Å². The fourth-order valence-electron chi connectivity index (χ4n) is 3.21. The third-order valence-electron chi connectivity index (χ3n) is 5.39. The molecule has 0 aromatic heterocycles. The first-order valence-electron chi connectivity index (χ1n) is 11.1. The van der Waals surface area contributed by atoms with E-state index in [1.807, 2.05) is 24.3 Å². The lowest BCUT2D eigenvalue weighted by Crippen LogP contribution is -2.39. The summed E-state index contributed by atoms with van der Waals surface area (Å²) in [5, 5.41) is 9.69. The first kappa shape index (κ1) is 22.7. The molecule has 1 aliphatic carbocycles. The van der Waals surface area contributed by atoms with E-state index in [0.717, 1.165) is 38.3 Å². The van der Waals surface area contributed by atoms with Crippen molar-refractivity contribution in [3.63, 3.8) is 0 Å². The van der Waals surface area contributed by atoms with Crippen LogP contribution in [0.3, 0.4) is 0 Å². The van der Waals surface area contributed by atoms with Crippen molar-refractivity contribution < 1.29 is 9.53 Å². The molecule has 2 aromatic rings. The maximum absolute atomic E-state index is 11.7. The summed E-state index contributed by atoms with van der Waals surface area (Å²) in [5.74, 6) is 1.87. The summed E-state index contributed by atoms with van der Waals surface area (Å²) in [6.45, 7) is 5.99. The van der Waals surface area contributed by atoms with Crippen LogP contribution in [0.1, 0.15) is 42.4 Å². The van der Waals surface area contributed by atoms with Gasteiger partial charge in [-0.25, -0.2) is 0 Å². The van der Waals surface area contributed by atoms with Crippen LogP contribution in [0.2, 0.25) is 0 Å². The molecular weight excluding hydrogens is 388 g/mol. The summed E-state index contributed by atoms with van der Waals surface area (Å²) in [5.41, 5.74) is 3.80. The summed E-state index contributed by atoms with van der Waals surface area (Å²) in [6.07, 6.45) is 3.04. The van der Waals surface area contributed by atoms with Crippen LogP contribution in [0.5, 0.6) is 5.75 Å². The van der Waals surface area contributed by atoms with Gasteiger partial charge in [-0.1, -0.05) is 48.9 Å². The number of ether oxygens (including phenoxy) is 1. The Hall–Kier alpha value is -3.02. The van der Waals surface area contributed by atoms with Crippen LogP contribution in [0.15, 0.2) is 53.5 Å². The molecule has 1 aliphatic rings. The lowest BCUT2D eigenvalue weighted by molar-refractivity contribution is -0.123. The van der Waals surface area contributed by atoms with Crippen LogP contribution in [-0.4, -0.2) is 44.7 Å². The molecule has 166 valence electrons. The Morgan fingerprint density at radius 3 is 2.45 bits per heavy atom. The molecule has 0 bridgehead atoms. The SMILES string of the molecule is CN=C(NCCc1ccc(OCC(=O)NC2CC2)cc1)NCC(C)c1ccc(C)cc1. The van der Waals surface area contributed by atoms with E-state index in [0.29, 0.717) is 17.7 Å². The minimum Gasteiger partial charge on any atom is -0.484 e. The standard InChI is InChI=1S/C25H34N4O2/c1-18-4-8-21(9-5-18)19(2)16-28-25(26-3)27-15-14-20-6-12-23(13-7-20)31-17-24(30)29-22-10-11-22/h4-9,12-13,19,22H,10-11,14-17H2,1-3H3,(H,29,30)(H2,26,27,28). The minimum atomic E-state index is -0.0497. The molecule has 6 heteroatoms. The van der Waals surface area contributed by atoms with E-state index in [-0.39, 0.29) is 12.5 Å². The summed E-state index contributed by atoms with van der Waals surface area (Å²) < 4.78 is 5.55. The third kappa shape index (κ3) is 7.96. The number of benzene rings is 2. The molecule has 1 unspecified atom stereocenters. The number of nitrogens with one attached hydrogen (secondary N) is 3. The molecule has 6 nitrogen and oxygen atoms in total. The Morgan fingerprint density at radius 2 is 1.81 bits per heavy atom. The molecule has 1 amide bonds. The number of hydrogen-bond donors (Lipinski definition) is 3. The van der Waals surface area contributed by atoms with Crippen molar-refractivity contribution in [1.29, 1.82) is 0 Å². The van der Waals surface area contributed by atoms with Gasteiger partial charge in [0.05, 0.1) is 0 Å². The van der Waals surface area contributed by atoms with Crippen molar-refractivity contribution in [2.24, 2.45) is 4.99 Å². The lowest BCUT2D eigenvalue weighted by Gasteiger charge is -2.16. The van der Waals surface area contributed by atoms with Gasteiger partial charge >= 0.3 is 0 Å². The second-order valence-corrected chi connectivity index (χ2v) is 8.22. The number of carbonyl (C=O) groups excluding carboxylic acids is 1. The number of aryl methyl sites for hydroxylation is 1. The van der Waals surface area contributed by atoms with Gasteiger partial charge in [0.25, 0.3) is 5.91 Å². The molecule has 0 saturated heterocycles. The molecule has 31 heavy (non-hydrogen) atoms. The molecule has 0 spiro atoms. The van der Waals surface area contributed by atoms with Crippen LogP contribution in [-0.2, 0) is 11.2 Å². The second kappa shape index (κ2) is 11.4. The van der Waals surface area contributed by atoms with E-state index < -0.39 is 0 Å². The number of aliphatic imine (C=N–C) groups is 1. The van der Waals surface area contributed by atoms with Gasteiger partial charge in [-0.3, -0.25) is 9.79 Å². The molecular formula is C25H34N4O2. The predicted molar refractivity (Wildman–Crippen MR) is 126 cm³/mol. The van der Waals surface area contributed by atoms with Gasteiger partial charge in [0.15, 0.2) is 12.6 Å². The largest absolute Gasteiger partial charge is 0.484 e. The van der Waals surface area contributed by atoms with Gasteiger partial charge in [-0.05, 0) is 55.4 Å². The predicted octanol–water partition coefficient (Wildman–Crippen LogP) is 3.16. The van der Waals surface area contributed by atoms with E-state index in [1.165, 1.54) is 16.7 Å². The van der Waals surface area contributed by atoms with E-state index in [9.17, 15) is 4.79 Å². The molecule has 3 N–H and O–H groups in total. The molecule has 0 aliphatic heterocycles. The normalized spacial score (nSPS) is 14.6. The molecule has 1 atom stereocenters. The summed E-state index contributed by atoms with van der Waals surface area (Å²) in [6, 6.07) is 16.9. The van der Waals surface area contributed by atoms with Crippen molar-refractivity contribution in [1.82, 2.24) is 16.0 Å². The number of hydrogen-bond acceptors (Lipinski definition) is 3. The van der Waals surface area contributed by atoms with Crippen LogP contribution in [0.4, 0.5) is 0 Å². The fraction of sp³-hybridized carbons (Fsp3) is 0.440. The quantitative estimate of drug-likeness (QED) is 0.406. The second-order valence-electron chi connectivity index (χ2n) is 8.22. The first-order chi connectivity index (χ1) is 15.0. The van der Waals surface area contributed by atoms with Crippen molar-refractivity contribution in [2.75, 3.05) is 26.7 Å². The van der Waals surface area contributed by atoms with Gasteiger partial charge in [0.1, 0.15) is 5.75 Å². The van der Waals surface area contributed by atoms with Crippen molar-refractivity contribution in [2.45, 2.75) is 45.1 Å². The van der Waals surface area contributed by atoms with Gasteiger partial charge in [-0.2, -0.15) is 0 Å². The highest BCUT2D eigenvalue weighted by Gasteiger charge is 2.23. The van der Waals surface area contributed by atoms with Crippen molar-refractivity contribution in [3.05, 3.63) is 65.2 Å². The average Bonchev–Trinajstić information content (AvgIpc) is 3.59. The highest BCUT2D eigenvalue weighted by Crippen LogP contribution is 2.18. The summed E-state index contributed by atoms with van der Waals surface area (Å²) >= 11 is 0. The lowest BCUT2D eigenvalue weighted by atomic mass is 10.0. The van der Waals surface area contributed by atoms with Crippen molar-refractivity contribution >= 4 is 11.9 Å². The highest BCUT2D eigenvalue weighted by atomic mass is 16.5. The zero-order valence-electron chi connectivity index (χ0n) is 18.8. The monoisotopic (exact) mass is 422 g/mol. The Bertz CT molecular complexity index is 858. The number of rotatable bonds is 10. The van der Waals surface area contributed by atoms with Gasteiger partial charge < -0.3 is 20.7 Å². The van der Waals surface area contributed by atoms with Crippen molar-refractivity contribution in [3.8, 4) is 5.75 Å². The maximum atomic E-state index is 11.7. The topological polar surface area (TPSA) is 74.8 Å². The van der Waals surface area contributed by atoms with Gasteiger partial charge in [0, 0.05) is 26.2 Å². The molecule has 2 aromatic carbocycles. The minimum absolute atomic E-state index is 0.0497. The third-order valence-corrected chi connectivity index (χ3v) is 5.39. The van der Waals surface area contributed by atoms with Crippen LogP contribution in [0.25, 0.3) is 0 Å². The zero-order chi connectivity index (χ0) is 22.1. The van der Waals surface area contributed by atoms with E-state index in [1.54, 1.807) is 7.05 Å². The number of carbonyl (C=O) groups is 1. The first-order valence-corrected chi connectivity index (χ1v) is 11.1. The number of guanidine groups is 1.